The number of amides is 3. The molecule has 8 N–H and O–H groups in total. The number of hydrogen-bond acceptors (Lipinski definition) is 6. The number of phenols is 1. The molecule has 0 aliphatic carbocycles. The smallest absolute Gasteiger partial charge is 0.326 e. The minimum Gasteiger partial charge on any atom is -0.508 e. The first-order valence-electron chi connectivity index (χ1n) is 12.8. The SMILES string of the molecule is CCC(C)C(NC(=O)C(Cc1ccc(O)cc1)NC(=O)CNC(=O)C(N)Cc1c[nH]c2ccccc12)C(=O)O. The van der Waals surface area contributed by atoms with Crippen LogP contribution in [0.25, 0.3) is 10.9 Å². The van der Waals surface area contributed by atoms with Gasteiger partial charge in [0.15, 0.2) is 0 Å². The normalized spacial score (nSPS) is 14.1. The van der Waals surface area contributed by atoms with Crippen molar-refractivity contribution in [3.63, 3.8) is 0 Å². The molecule has 11 heteroatoms. The van der Waals surface area contributed by atoms with Crippen molar-refractivity contribution in [2.45, 2.75) is 51.2 Å². The van der Waals surface area contributed by atoms with E-state index in [0.717, 1.165) is 16.5 Å². The van der Waals surface area contributed by atoms with Gasteiger partial charge in [0.05, 0.1) is 12.6 Å². The lowest BCUT2D eigenvalue weighted by Gasteiger charge is -2.24. The molecular weight excluding hydrogens is 502 g/mol. The number of rotatable bonds is 13. The summed E-state index contributed by atoms with van der Waals surface area (Å²) in [5.41, 5.74) is 8.51. The van der Waals surface area contributed by atoms with Crippen LogP contribution in [0.5, 0.6) is 5.75 Å². The Bertz CT molecular complexity index is 1310. The van der Waals surface area contributed by atoms with Crippen molar-refractivity contribution in [1.29, 1.82) is 0 Å². The lowest BCUT2D eigenvalue weighted by molar-refractivity contribution is -0.143. The number of H-pyrrole nitrogens is 1. The molecule has 208 valence electrons. The Balaban J connectivity index is 1.62. The molecule has 0 aliphatic heterocycles. The second kappa shape index (κ2) is 13.4. The van der Waals surface area contributed by atoms with Gasteiger partial charge in [0, 0.05) is 23.5 Å². The molecule has 1 aromatic heterocycles. The van der Waals surface area contributed by atoms with E-state index in [1.165, 1.54) is 12.1 Å². The summed E-state index contributed by atoms with van der Waals surface area (Å²) < 4.78 is 0. The Labute approximate surface area is 226 Å². The molecule has 4 unspecified atom stereocenters. The van der Waals surface area contributed by atoms with Crippen LogP contribution < -0.4 is 21.7 Å². The number of nitrogens with one attached hydrogen (secondary N) is 4. The minimum absolute atomic E-state index is 0.0400. The van der Waals surface area contributed by atoms with Gasteiger partial charge in [-0.15, -0.1) is 0 Å². The van der Waals surface area contributed by atoms with Gasteiger partial charge in [0.2, 0.25) is 17.7 Å². The van der Waals surface area contributed by atoms with Crippen LogP contribution in [0, 0.1) is 5.92 Å². The first-order chi connectivity index (χ1) is 18.6. The third kappa shape index (κ3) is 8.05. The highest BCUT2D eigenvalue weighted by molar-refractivity contribution is 5.93. The minimum atomic E-state index is -1.18. The molecule has 0 bridgehead atoms. The van der Waals surface area contributed by atoms with E-state index in [1.807, 2.05) is 31.2 Å². The van der Waals surface area contributed by atoms with E-state index in [2.05, 4.69) is 20.9 Å². The van der Waals surface area contributed by atoms with Gasteiger partial charge < -0.3 is 36.9 Å². The standard InChI is InChI=1S/C28H35N5O6/c1-3-16(2)25(28(38)39)33-27(37)23(12-17-8-10-19(34)11-9-17)32-24(35)15-31-26(36)21(29)13-18-14-30-22-7-5-4-6-20(18)22/h4-11,14,16,21,23,25,30,34H,3,12-13,15,29H2,1-2H3,(H,31,36)(H,32,35)(H,33,37)(H,38,39). The summed E-state index contributed by atoms with van der Waals surface area (Å²) in [4.78, 5) is 53.2. The number of aromatic hydroxyl groups is 1. The molecule has 0 saturated heterocycles. The number of aromatic amines is 1. The fraction of sp³-hybridized carbons (Fsp3) is 0.357. The van der Waals surface area contributed by atoms with E-state index in [4.69, 9.17) is 5.73 Å². The zero-order valence-corrected chi connectivity index (χ0v) is 21.9. The number of hydrogen-bond donors (Lipinski definition) is 7. The van der Waals surface area contributed by atoms with Crippen molar-refractivity contribution in [3.05, 3.63) is 65.9 Å². The number of nitrogens with two attached hydrogens (primary N) is 1. The van der Waals surface area contributed by atoms with Gasteiger partial charge >= 0.3 is 5.97 Å². The molecule has 0 aliphatic rings. The molecule has 4 atom stereocenters. The highest BCUT2D eigenvalue weighted by atomic mass is 16.4. The monoisotopic (exact) mass is 537 g/mol. The quantitative estimate of drug-likeness (QED) is 0.171. The summed E-state index contributed by atoms with van der Waals surface area (Å²) in [6, 6.07) is 10.6. The topological polar surface area (TPSA) is 187 Å². The zero-order valence-electron chi connectivity index (χ0n) is 21.9. The number of carboxylic acid groups (broad SMARTS) is 1. The Morgan fingerprint density at radius 1 is 0.974 bits per heavy atom. The molecule has 3 amide bonds. The number of benzene rings is 2. The van der Waals surface area contributed by atoms with E-state index in [0.29, 0.717) is 12.0 Å². The molecular formula is C28H35N5O6. The number of aromatic nitrogens is 1. The predicted octanol–water partition coefficient (Wildman–Crippen LogP) is 1.20. The van der Waals surface area contributed by atoms with Crippen LogP contribution in [-0.4, -0.2) is 63.6 Å². The summed E-state index contributed by atoms with van der Waals surface area (Å²) in [6.07, 6.45) is 2.62. The van der Waals surface area contributed by atoms with Crippen molar-refractivity contribution >= 4 is 34.6 Å². The van der Waals surface area contributed by atoms with Crippen molar-refractivity contribution in [2.24, 2.45) is 11.7 Å². The van der Waals surface area contributed by atoms with Crippen LogP contribution >= 0.6 is 0 Å². The van der Waals surface area contributed by atoms with Gasteiger partial charge in [-0.3, -0.25) is 14.4 Å². The van der Waals surface area contributed by atoms with Gasteiger partial charge in [0.25, 0.3) is 0 Å². The molecule has 0 radical (unpaired) electrons. The Morgan fingerprint density at radius 2 is 1.67 bits per heavy atom. The molecule has 3 aromatic rings. The third-order valence-corrected chi connectivity index (χ3v) is 6.68. The van der Waals surface area contributed by atoms with Crippen LogP contribution in [0.3, 0.4) is 0 Å². The Hall–Kier alpha value is -4.38. The number of phenolic OH excluding ortho intramolecular Hbond substituents is 1. The largest absolute Gasteiger partial charge is 0.508 e. The number of aliphatic carboxylic acids is 1. The van der Waals surface area contributed by atoms with Crippen LogP contribution in [0.4, 0.5) is 0 Å². The maximum Gasteiger partial charge on any atom is 0.326 e. The highest BCUT2D eigenvalue weighted by Crippen LogP contribution is 2.19. The first kappa shape index (κ1) is 29.2. The van der Waals surface area contributed by atoms with Gasteiger partial charge in [-0.1, -0.05) is 50.6 Å². The second-order valence-corrected chi connectivity index (χ2v) is 9.59. The van der Waals surface area contributed by atoms with E-state index >= 15 is 0 Å². The van der Waals surface area contributed by atoms with Gasteiger partial charge in [0.1, 0.15) is 17.8 Å². The second-order valence-electron chi connectivity index (χ2n) is 9.59. The number of carboxylic acids is 1. The molecule has 0 saturated carbocycles. The van der Waals surface area contributed by atoms with E-state index in [-0.39, 0.29) is 24.5 Å². The van der Waals surface area contributed by atoms with Gasteiger partial charge in [-0.05, 0) is 41.7 Å². The lowest BCUT2D eigenvalue weighted by Crippen LogP contribution is -2.55. The average Bonchev–Trinajstić information content (AvgIpc) is 3.33. The average molecular weight is 538 g/mol. The highest BCUT2D eigenvalue weighted by Gasteiger charge is 2.30. The molecule has 2 aromatic carbocycles. The van der Waals surface area contributed by atoms with Crippen molar-refractivity contribution < 1.29 is 29.4 Å². The van der Waals surface area contributed by atoms with Crippen LogP contribution in [0.1, 0.15) is 31.4 Å². The van der Waals surface area contributed by atoms with Gasteiger partial charge in [-0.2, -0.15) is 0 Å². The summed E-state index contributed by atoms with van der Waals surface area (Å²) in [5.74, 6) is -3.32. The third-order valence-electron chi connectivity index (χ3n) is 6.68. The van der Waals surface area contributed by atoms with Crippen molar-refractivity contribution in [1.82, 2.24) is 20.9 Å². The summed E-state index contributed by atoms with van der Waals surface area (Å²) >= 11 is 0. The van der Waals surface area contributed by atoms with E-state index in [1.54, 1.807) is 25.3 Å². The van der Waals surface area contributed by atoms with E-state index in [9.17, 15) is 29.4 Å². The molecule has 3 rings (SSSR count). The maximum atomic E-state index is 13.1. The lowest BCUT2D eigenvalue weighted by atomic mass is 9.98. The fourth-order valence-electron chi connectivity index (χ4n) is 4.19. The fourth-order valence-corrected chi connectivity index (χ4v) is 4.19. The molecule has 11 nitrogen and oxygen atoms in total. The summed E-state index contributed by atoms with van der Waals surface area (Å²) in [7, 11) is 0. The Morgan fingerprint density at radius 3 is 2.33 bits per heavy atom. The Kier molecular flexibility index (Phi) is 10.0. The zero-order chi connectivity index (χ0) is 28.5. The number of para-hydroxylation sites is 1. The van der Waals surface area contributed by atoms with E-state index < -0.39 is 48.4 Å². The van der Waals surface area contributed by atoms with Crippen molar-refractivity contribution in [3.8, 4) is 5.75 Å². The predicted molar refractivity (Wildman–Crippen MR) is 146 cm³/mol. The number of carbonyl (C=O) groups is 4. The number of fused-ring (bicyclic) bond motifs is 1. The van der Waals surface area contributed by atoms with Crippen LogP contribution in [0.2, 0.25) is 0 Å². The maximum absolute atomic E-state index is 13.1. The molecule has 0 fully saturated rings. The molecule has 1 heterocycles. The molecule has 0 spiro atoms. The van der Waals surface area contributed by atoms with Crippen LogP contribution in [0.15, 0.2) is 54.7 Å². The van der Waals surface area contributed by atoms with Crippen LogP contribution in [-0.2, 0) is 32.0 Å². The summed E-state index contributed by atoms with van der Waals surface area (Å²) in [5, 5.41) is 27.7. The molecule has 39 heavy (non-hydrogen) atoms. The van der Waals surface area contributed by atoms with Gasteiger partial charge in [-0.25, -0.2) is 4.79 Å². The number of carbonyl (C=O) groups excluding carboxylic acids is 3. The van der Waals surface area contributed by atoms with Crippen molar-refractivity contribution in [2.75, 3.05) is 6.54 Å². The summed E-state index contributed by atoms with van der Waals surface area (Å²) in [6.45, 7) is 3.10. The first-order valence-corrected chi connectivity index (χ1v) is 12.8.